The van der Waals surface area contributed by atoms with Crippen LogP contribution in [-0.2, 0) is 11.4 Å². The van der Waals surface area contributed by atoms with Gasteiger partial charge in [-0.05, 0) is 35.5 Å². The first kappa shape index (κ1) is 13.2. The molecule has 0 N–H and O–H groups in total. The third-order valence-electron chi connectivity index (χ3n) is 4.02. The van der Waals surface area contributed by atoms with Gasteiger partial charge < -0.3 is 4.74 Å². The van der Waals surface area contributed by atoms with E-state index < -0.39 is 0 Å². The second-order valence-electron chi connectivity index (χ2n) is 5.37. The summed E-state index contributed by atoms with van der Waals surface area (Å²) in [5, 5.41) is 8.50. The van der Waals surface area contributed by atoms with Crippen LogP contribution in [0.4, 0.5) is 0 Å². The van der Waals surface area contributed by atoms with Crippen LogP contribution in [0.25, 0.3) is 0 Å². The molecule has 0 bridgehead atoms. The Kier molecular flexibility index (Phi) is 4.24. The molecule has 0 spiro atoms. The Morgan fingerprint density at radius 2 is 1.84 bits per heavy atom. The number of ether oxygens (including phenoxy) is 1. The van der Waals surface area contributed by atoms with Crippen LogP contribution < -0.4 is 0 Å². The lowest BCUT2D eigenvalue weighted by atomic mass is 9.96. The largest absolute Gasteiger partial charge is 0.379 e. The molecule has 0 atom stereocenters. The fourth-order valence-corrected chi connectivity index (χ4v) is 3.14. The standard InChI is InChI=1S/C12H21N5OS/c19-12-16(10-15-6-8-18-9-7-15)13-14-17(12)11-4-2-1-3-5-11/h11H,1-10H2. The van der Waals surface area contributed by atoms with Gasteiger partial charge in [-0.3, -0.25) is 4.90 Å². The molecule has 0 aromatic carbocycles. The average Bonchev–Trinajstić information content (AvgIpc) is 2.82. The van der Waals surface area contributed by atoms with E-state index in [2.05, 4.69) is 15.3 Å². The molecule has 0 radical (unpaired) electrons. The van der Waals surface area contributed by atoms with Gasteiger partial charge in [-0.25, -0.2) is 9.36 Å². The first-order chi connectivity index (χ1) is 9.34. The van der Waals surface area contributed by atoms with Crippen molar-refractivity contribution in [3.05, 3.63) is 4.77 Å². The maximum Gasteiger partial charge on any atom is 0.217 e. The predicted molar refractivity (Wildman–Crippen MR) is 73.4 cm³/mol. The molecule has 2 fully saturated rings. The molecule has 1 aromatic rings. The topological polar surface area (TPSA) is 48.1 Å². The Labute approximate surface area is 118 Å². The Balaban J connectivity index is 1.69. The maximum absolute atomic E-state index is 5.52. The van der Waals surface area contributed by atoms with Gasteiger partial charge in [0.05, 0.1) is 25.9 Å². The van der Waals surface area contributed by atoms with E-state index in [9.17, 15) is 0 Å². The lowest BCUT2D eigenvalue weighted by Gasteiger charge is -2.26. The highest BCUT2D eigenvalue weighted by Crippen LogP contribution is 2.27. The van der Waals surface area contributed by atoms with Crippen molar-refractivity contribution in [3.8, 4) is 0 Å². The molecule has 1 saturated heterocycles. The zero-order valence-electron chi connectivity index (χ0n) is 11.2. The van der Waals surface area contributed by atoms with Gasteiger partial charge in [-0.1, -0.05) is 19.3 Å². The predicted octanol–water partition coefficient (Wildman–Crippen LogP) is 1.60. The van der Waals surface area contributed by atoms with E-state index in [1.54, 1.807) is 0 Å². The number of aromatic nitrogens is 4. The minimum atomic E-state index is 0.458. The van der Waals surface area contributed by atoms with Crippen LogP contribution in [0.2, 0.25) is 0 Å². The lowest BCUT2D eigenvalue weighted by Crippen LogP contribution is -2.37. The summed E-state index contributed by atoms with van der Waals surface area (Å²) in [5.74, 6) is 0. The van der Waals surface area contributed by atoms with Gasteiger partial charge in [0.1, 0.15) is 0 Å². The molecule has 106 valence electrons. The van der Waals surface area contributed by atoms with Crippen LogP contribution in [-0.4, -0.2) is 51.0 Å². The van der Waals surface area contributed by atoms with Crippen LogP contribution in [0.15, 0.2) is 0 Å². The van der Waals surface area contributed by atoms with E-state index in [-0.39, 0.29) is 0 Å². The third kappa shape index (κ3) is 3.04. The van der Waals surface area contributed by atoms with Crippen molar-refractivity contribution in [2.75, 3.05) is 26.3 Å². The summed E-state index contributed by atoms with van der Waals surface area (Å²) in [7, 11) is 0. The summed E-state index contributed by atoms with van der Waals surface area (Å²) in [6, 6.07) is 0.458. The van der Waals surface area contributed by atoms with E-state index >= 15 is 0 Å². The molecule has 6 nitrogen and oxygen atoms in total. The Hall–Kier alpha value is -0.790. The smallest absolute Gasteiger partial charge is 0.217 e. The zero-order chi connectivity index (χ0) is 13.1. The van der Waals surface area contributed by atoms with Gasteiger partial charge >= 0.3 is 0 Å². The highest BCUT2D eigenvalue weighted by molar-refractivity contribution is 7.71. The molecule has 0 amide bonds. The highest BCUT2D eigenvalue weighted by Gasteiger charge is 2.19. The number of hydrogen-bond acceptors (Lipinski definition) is 5. The highest BCUT2D eigenvalue weighted by atomic mass is 32.1. The van der Waals surface area contributed by atoms with Crippen molar-refractivity contribution in [1.82, 2.24) is 24.7 Å². The van der Waals surface area contributed by atoms with Crippen molar-refractivity contribution in [1.29, 1.82) is 0 Å². The molecule has 1 aliphatic carbocycles. The van der Waals surface area contributed by atoms with Crippen molar-refractivity contribution in [3.63, 3.8) is 0 Å². The van der Waals surface area contributed by atoms with Crippen molar-refractivity contribution in [2.45, 2.75) is 44.8 Å². The fraction of sp³-hybridized carbons (Fsp3) is 0.917. The minimum Gasteiger partial charge on any atom is -0.379 e. The van der Waals surface area contributed by atoms with E-state index in [1.165, 1.54) is 32.1 Å². The van der Waals surface area contributed by atoms with Crippen LogP contribution in [0, 0.1) is 4.77 Å². The first-order valence-electron chi connectivity index (χ1n) is 7.17. The summed E-state index contributed by atoms with van der Waals surface area (Å²) in [4.78, 5) is 2.30. The normalized spacial score (nSPS) is 22.7. The minimum absolute atomic E-state index is 0.458. The number of hydrogen-bond donors (Lipinski definition) is 0. The third-order valence-corrected chi connectivity index (χ3v) is 4.42. The molecule has 2 heterocycles. The zero-order valence-corrected chi connectivity index (χ0v) is 12.0. The van der Waals surface area contributed by atoms with E-state index in [1.807, 2.05) is 9.36 Å². The van der Waals surface area contributed by atoms with Crippen LogP contribution >= 0.6 is 12.2 Å². The van der Waals surface area contributed by atoms with Crippen molar-refractivity contribution < 1.29 is 4.74 Å². The molecule has 1 aromatic heterocycles. The van der Waals surface area contributed by atoms with E-state index in [4.69, 9.17) is 17.0 Å². The van der Waals surface area contributed by atoms with Crippen molar-refractivity contribution in [2.24, 2.45) is 0 Å². The molecule has 7 heteroatoms. The Bertz CT molecular complexity index is 459. The number of morpholine rings is 1. The fourth-order valence-electron chi connectivity index (χ4n) is 2.86. The number of tetrazole rings is 1. The van der Waals surface area contributed by atoms with Crippen LogP contribution in [0.5, 0.6) is 0 Å². The SMILES string of the molecule is S=c1n(CN2CCOCC2)nnn1C1CCCCC1. The van der Waals surface area contributed by atoms with Crippen LogP contribution in [0.1, 0.15) is 38.1 Å². The molecular formula is C12H21N5OS. The monoisotopic (exact) mass is 283 g/mol. The second-order valence-corrected chi connectivity index (χ2v) is 5.73. The summed E-state index contributed by atoms with van der Waals surface area (Å²) < 4.78 is 9.91. The van der Waals surface area contributed by atoms with Crippen molar-refractivity contribution >= 4 is 12.2 Å². The second kappa shape index (κ2) is 6.11. The van der Waals surface area contributed by atoms with E-state index in [0.717, 1.165) is 37.7 Å². The van der Waals surface area contributed by atoms with Crippen LogP contribution in [0.3, 0.4) is 0 Å². The average molecular weight is 283 g/mol. The van der Waals surface area contributed by atoms with Gasteiger partial charge in [0, 0.05) is 13.1 Å². The molecule has 1 saturated carbocycles. The molecule has 19 heavy (non-hydrogen) atoms. The molecule has 0 unspecified atom stereocenters. The van der Waals surface area contributed by atoms with Gasteiger partial charge in [0.25, 0.3) is 0 Å². The summed E-state index contributed by atoms with van der Waals surface area (Å²) in [5.41, 5.74) is 0. The molecule has 1 aliphatic heterocycles. The van der Waals surface area contributed by atoms with Gasteiger partial charge in [0.15, 0.2) is 0 Å². The first-order valence-corrected chi connectivity index (χ1v) is 7.58. The van der Waals surface area contributed by atoms with Gasteiger partial charge in [-0.15, -0.1) is 0 Å². The maximum atomic E-state index is 5.52. The number of rotatable bonds is 3. The van der Waals surface area contributed by atoms with Gasteiger partial charge in [-0.2, -0.15) is 0 Å². The molecule has 3 rings (SSSR count). The quantitative estimate of drug-likeness (QED) is 0.789. The lowest BCUT2D eigenvalue weighted by molar-refractivity contribution is 0.0207. The van der Waals surface area contributed by atoms with E-state index in [0.29, 0.717) is 6.04 Å². The number of nitrogens with zero attached hydrogens (tertiary/aromatic N) is 5. The summed E-state index contributed by atoms with van der Waals surface area (Å²) >= 11 is 5.52. The Morgan fingerprint density at radius 3 is 2.58 bits per heavy atom. The molecular weight excluding hydrogens is 262 g/mol. The molecule has 2 aliphatic rings. The van der Waals surface area contributed by atoms with Gasteiger partial charge in [0.2, 0.25) is 4.77 Å². The Morgan fingerprint density at radius 1 is 1.11 bits per heavy atom. The summed E-state index contributed by atoms with van der Waals surface area (Å²) in [6.45, 7) is 4.21. The summed E-state index contributed by atoms with van der Waals surface area (Å²) in [6.07, 6.45) is 6.27.